The summed E-state index contributed by atoms with van der Waals surface area (Å²) >= 11 is 1.86. The number of thioether (sulfide) groups is 1. The Kier molecular flexibility index (Phi) is 2.82. The van der Waals surface area contributed by atoms with Crippen molar-refractivity contribution >= 4 is 11.8 Å². The summed E-state index contributed by atoms with van der Waals surface area (Å²) in [5, 5.41) is 0. The number of benzene rings is 1. The highest BCUT2D eigenvalue weighted by atomic mass is 32.2. The van der Waals surface area contributed by atoms with Crippen molar-refractivity contribution in [1.82, 2.24) is 0 Å². The zero-order valence-corrected chi connectivity index (χ0v) is 7.24. The van der Waals surface area contributed by atoms with Crippen LogP contribution in [-0.2, 0) is 5.75 Å². The van der Waals surface area contributed by atoms with Crippen molar-refractivity contribution in [3.63, 3.8) is 0 Å². The van der Waals surface area contributed by atoms with Gasteiger partial charge in [0.25, 0.3) is 0 Å². The van der Waals surface area contributed by atoms with Crippen LogP contribution in [0.25, 0.3) is 0 Å². The Bertz CT molecular complexity index is 188. The summed E-state index contributed by atoms with van der Waals surface area (Å²) in [6, 6.07) is 8.69. The molecule has 1 rings (SSSR count). The van der Waals surface area contributed by atoms with Crippen molar-refractivity contribution in [2.24, 2.45) is 0 Å². The monoisotopic (exact) mass is 152 g/mol. The molecular weight excluding hydrogens is 140 g/mol. The van der Waals surface area contributed by atoms with E-state index in [1.807, 2.05) is 11.8 Å². The molecule has 0 aromatic heterocycles. The van der Waals surface area contributed by atoms with Crippen molar-refractivity contribution in [3.8, 4) is 0 Å². The minimum Gasteiger partial charge on any atom is -0.161 e. The molecule has 0 saturated carbocycles. The van der Waals surface area contributed by atoms with Crippen LogP contribution in [0.5, 0.6) is 0 Å². The zero-order chi connectivity index (χ0) is 7.40. The number of rotatable bonds is 2. The lowest BCUT2D eigenvalue weighted by atomic mass is 10.2. The molecule has 0 N–H and O–H groups in total. The molecule has 0 heterocycles. The molecule has 10 heavy (non-hydrogen) atoms. The maximum Gasteiger partial charge on any atom is 0.0181 e. The van der Waals surface area contributed by atoms with Crippen LogP contribution in [0.2, 0.25) is 0 Å². The normalized spacial score (nSPS) is 9.80. The average molecular weight is 152 g/mol. The van der Waals surface area contributed by atoms with Crippen LogP contribution in [0.4, 0.5) is 0 Å². The molecule has 0 unspecified atom stereocenters. The summed E-state index contributed by atoms with van der Waals surface area (Å²) in [4.78, 5) is 0. The van der Waals surface area contributed by atoms with Gasteiger partial charge in [-0.05, 0) is 18.7 Å². The predicted molar refractivity (Wildman–Crippen MR) is 48.4 cm³/mol. The summed E-state index contributed by atoms with van der Waals surface area (Å²) in [5.41, 5.74) is 2.75. The van der Waals surface area contributed by atoms with Gasteiger partial charge in [0.1, 0.15) is 0 Å². The van der Waals surface area contributed by atoms with Crippen molar-refractivity contribution < 1.29 is 0 Å². The molecule has 1 aromatic carbocycles. The fourth-order valence-electron chi connectivity index (χ4n) is 0.851. The van der Waals surface area contributed by atoms with E-state index in [9.17, 15) is 0 Å². The van der Waals surface area contributed by atoms with Crippen LogP contribution in [0, 0.1) is 6.92 Å². The van der Waals surface area contributed by atoms with Crippen LogP contribution in [0.3, 0.4) is 0 Å². The van der Waals surface area contributed by atoms with Crippen molar-refractivity contribution in [2.45, 2.75) is 12.7 Å². The summed E-state index contributed by atoms with van der Waals surface area (Å²) in [7, 11) is 0. The first-order chi connectivity index (χ1) is 4.83. The molecule has 0 bridgehead atoms. The number of aryl methyl sites for hydroxylation is 1. The topological polar surface area (TPSA) is 0 Å². The van der Waals surface area contributed by atoms with Gasteiger partial charge in [0.2, 0.25) is 0 Å². The maximum absolute atomic E-state index is 2.19. The predicted octanol–water partition coefficient (Wildman–Crippen LogP) is 2.86. The molecule has 0 aliphatic carbocycles. The zero-order valence-electron chi connectivity index (χ0n) is 6.42. The summed E-state index contributed by atoms with van der Waals surface area (Å²) in [6.45, 7) is 2.11. The number of hydrogen-bond acceptors (Lipinski definition) is 1. The lowest BCUT2D eigenvalue weighted by Gasteiger charge is -1.97. The Morgan fingerprint density at radius 2 is 1.80 bits per heavy atom. The minimum absolute atomic E-state index is 1.13. The first-order valence-corrected chi connectivity index (χ1v) is 4.77. The van der Waals surface area contributed by atoms with Gasteiger partial charge >= 0.3 is 0 Å². The Balaban J connectivity index is 2.69. The van der Waals surface area contributed by atoms with Crippen molar-refractivity contribution in [2.75, 3.05) is 6.26 Å². The first kappa shape index (κ1) is 7.67. The van der Waals surface area contributed by atoms with Gasteiger partial charge in [-0.25, -0.2) is 0 Å². The van der Waals surface area contributed by atoms with Crippen LogP contribution in [0.1, 0.15) is 11.1 Å². The summed E-state index contributed by atoms with van der Waals surface area (Å²) in [5.74, 6) is 1.13. The fourth-order valence-corrected chi connectivity index (χ4v) is 1.38. The maximum atomic E-state index is 2.19. The average Bonchev–Trinajstić information content (AvgIpc) is 1.95. The lowest BCUT2D eigenvalue weighted by molar-refractivity contribution is 1.37. The van der Waals surface area contributed by atoms with E-state index in [-0.39, 0.29) is 0 Å². The number of hydrogen-bond donors (Lipinski definition) is 0. The molecule has 1 heteroatoms. The van der Waals surface area contributed by atoms with Gasteiger partial charge in [0, 0.05) is 5.75 Å². The Labute approximate surface area is 66.6 Å². The third-order valence-electron chi connectivity index (χ3n) is 1.43. The molecule has 0 radical (unpaired) electrons. The van der Waals surface area contributed by atoms with E-state index in [1.54, 1.807) is 0 Å². The summed E-state index contributed by atoms with van der Waals surface area (Å²) < 4.78 is 0. The Hall–Kier alpha value is -0.430. The van der Waals surface area contributed by atoms with E-state index in [0.717, 1.165) is 5.75 Å². The Morgan fingerprint density at radius 1 is 1.20 bits per heavy atom. The molecule has 1 aromatic rings. The smallest absolute Gasteiger partial charge is 0.0181 e. The second-order valence-corrected chi connectivity index (χ2v) is 3.28. The molecular formula is C9H12S. The SMILES string of the molecule is CSCc1ccc(C)cc1. The second-order valence-electron chi connectivity index (χ2n) is 2.42. The van der Waals surface area contributed by atoms with Crippen molar-refractivity contribution in [3.05, 3.63) is 35.4 Å². The van der Waals surface area contributed by atoms with Gasteiger partial charge in [-0.15, -0.1) is 0 Å². The van der Waals surface area contributed by atoms with Gasteiger partial charge in [-0.3, -0.25) is 0 Å². The van der Waals surface area contributed by atoms with Gasteiger partial charge in [0.05, 0.1) is 0 Å². The highest BCUT2D eigenvalue weighted by molar-refractivity contribution is 7.97. The van der Waals surface area contributed by atoms with Gasteiger partial charge < -0.3 is 0 Å². The van der Waals surface area contributed by atoms with E-state index in [1.165, 1.54) is 11.1 Å². The third-order valence-corrected chi connectivity index (χ3v) is 2.05. The van der Waals surface area contributed by atoms with E-state index in [4.69, 9.17) is 0 Å². The molecule has 0 aliphatic rings. The Morgan fingerprint density at radius 3 is 2.30 bits per heavy atom. The van der Waals surface area contributed by atoms with E-state index >= 15 is 0 Å². The molecule has 0 fully saturated rings. The molecule has 0 aliphatic heterocycles. The lowest BCUT2D eigenvalue weighted by Crippen LogP contribution is -1.78. The molecule has 0 atom stereocenters. The van der Waals surface area contributed by atoms with Crippen LogP contribution in [-0.4, -0.2) is 6.26 Å². The van der Waals surface area contributed by atoms with Crippen LogP contribution >= 0.6 is 11.8 Å². The largest absolute Gasteiger partial charge is 0.161 e. The molecule has 0 saturated heterocycles. The fraction of sp³-hybridized carbons (Fsp3) is 0.333. The summed E-state index contributed by atoms with van der Waals surface area (Å²) in [6.07, 6.45) is 2.12. The van der Waals surface area contributed by atoms with E-state index < -0.39 is 0 Å². The minimum atomic E-state index is 1.13. The highest BCUT2D eigenvalue weighted by Crippen LogP contribution is 2.09. The van der Waals surface area contributed by atoms with Crippen LogP contribution in [0.15, 0.2) is 24.3 Å². The molecule has 0 spiro atoms. The molecule has 54 valence electrons. The van der Waals surface area contributed by atoms with Crippen LogP contribution < -0.4 is 0 Å². The third kappa shape index (κ3) is 2.07. The van der Waals surface area contributed by atoms with Crippen molar-refractivity contribution in [1.29, 1.82) is 0 Å². The van der Waals surface area contributed by atoms with E-state index in [0.29, 0.717) is 0 Å². The van der Waals surface area contributed by atoms with Gasteiger partial charge in [-0.1, -0.05) is 29.8 Å². The quantitative estimate of drug-likeness (QED) is 0.628. The second kappa shape index (κ2) is 3.67. The molecule has 0 amide bonds. The van der Waals surface area contributed by atoms with Gasteiger partial charge in [-0.2, -0.15) is 11.8 Å². The first-order valence-electron chi connectivity index (χ1n) is 3.37. The molecule has 0 nitrogen and oxygen atoms in total. The standard InChI is InChI=1S/C9H12S/c1-8-3-5-9(6-4-8)7-10-2/h3-6H,7H2,1-2H3. The van der Waals surface area contributed by atoms with E-state index in [2.05, 4.69) is 37.4 Å². The van der Waals surface area contributed by atoms with Gasteiger partial charge in [0.15, 0.2) is 0 Å². The highest BCUT2D eigenvalue weighted by Gasteiger charge is 1.88.